The van der Waals surface area contributed by atoms with Crippen LogP contribution in [0.3, 0.4) is 0 Å². The molecule has 0 aliphatic heterocycles. The second-order valence-electron chi connectivity index (χ2n) is 10.7. The van der Waals surface area contributed by atoms with Gasteiger partial charge in [-0.3, -0.25) is 0 Å². The second kappa shape index (κ2) is 13.4. The number of benzene rings is 3. The summed E-state index contributed by atoms with van der Waals surface area (Å²) >= 11 is 0. The van der Waals surface area contributed by atoms with Crippen LogP contribution in [-0.4, -0.2) is 6.15 Å². The quantitative estimate of drug-likeness (QED) is 0.190. The van der Waals surface area contributed by atoms with Crippen molar-refractivity contribution in [1.29, 1.82) is 0 Å². The molecule has 0 heterocycles. The third-order valence-corrected chi connectivity index (χ3v) is 7.53. The van der Waals surface area contributed by atoms with Gasteiger partial charge in [0.1, 0.15) is 0 Å². The molecule has 0 unspecified atom stereocenters. The van der Waals surface area contributed by atoms with Crippen LogP contribution in [0.25, 0.3) is 0 Å². The van der Waals surface area contributed by atoms with Crippen molar-refractivity contribution >= 4 is 22.5 Å². The minimum atomic E-state index is -5.68. The summed E-state index contributed by atoms with van der Waals surface area (Å²) in [5.41, 5.74) is -17.2. The van der Waals surface area contributed by atoms with Gasteiger partial charge in [-0.25, -0.2) is 0 Å². The Hall–Kier alpha value is -2.94. The number of unbranched alkanes of at least 4 members (excludes halogenated alkanes) is 1. The van der Waals surface area contributed by atoms with E-state index in [1.54, 1.807) is 0 Å². The summed E-state index contributed by atoms with van der Waals surface area (Å²) in [4.78, 5) is 0. The van der Waals surface area contributed by atoms with Gasteiger partial charge in [0, 0.05) is 0 Å². The van der Waals surface area contributed by atoms with Crippen LogP contribution in [0.1, 0.15) is 53.1 Å². The molecule has 0 amide bonds. The Morgan fingerprint density at radius 3 is 0.708 bits per heavy atom. The standard InChI is InChI=1S/C28H18BF18.Li/c1-2-3-4-29(20-8-14(23(30,31)32)5-15(9-20)24(33,34)35,21-10-16(25(36,37)38)6-17(11-21)26(39,40)41)22-12-18(27(42,43)44)7-19(13-22)28(45,46)47;/h5-13H,2-4H2,1H3;/q-1;+1. The Labute approximate surface area is 271 Å². The van der Waals surface area contributed by atoms with Gasteiger partial charge in [0.15, 0.2) is 0 Å². The van der Waals surface area contributed by atoms with Crippen LogP contribution in [0, 0.1) is 0 Å². The molecule has 0 atom stereocenters. The molecule has 3 rings (SSSR count). The number of halogens is 18. The topological polar surface area (TPSA) is 0 Å². The zero-order valence-corrected chi connectivity index (χ0v) is 24.2. The summed E-state index contributed by atoms with van der Waals surface area (Å²) in [5, 5.41) is 0. The molecular weight excluding hydrogens is 696 g/mol. The van der Waals surface area contributed by atoms with E-state index in [2.05, 4.69) is 0 Å². The maximum absolute atomic E-state index is 13.9. The maximum atomic E-state index is 13.9. The molecule has 0 fully saturated rings. The van der Waals surface area contributed by atoms with Crippen molar-refractivity contribution in [3.63, 3.8) is 0 Å². The Bertz CT molecular complexity index is 1310. The zero-order chi connectivity index (χ0) is 36.2. The van der Waals surface area contributed by atoms with Crippen LogP contribution >= 0.6 is 0 Å². The molecule has 260 valence electrons. The van der Waals surface area contributed by atoms with Gasteiger partial charge in [-0.05, 0) is 18.2 Å². The van der Waals surface area contributed by atoms with E-state index in [0.717, 1.165) is 0 Å². The van der Waals surface area contributed by atoms with Crippen LogP contribution in [0.5, 0.6) is 0 Å². The molecule has 48 heavy (non-hydrogen) atoms. The molecule has 3 aromatic carbocycles. The molecule has 0 aromatic heterocycles. The summed E-state index contributed by atoms with van der Waals surface area (Å²) in [6, 6.07) is -2.20. The van der Waals surface area contributed by atoms with Gasteiger partial charge in [0.2, 0.25) is 0 Å². The summed E-state index contributed by atoms with van der Waals surface area (Å²) < 4.78 is 250. The van der Waals surface area contributed by atoms with E-state index in [4.69, 9.17) is 0 Å². The molecule has 0 N–H and O–H groups in total. The van der Waals surface area contributed by atoms with Gasteiger partial charge in [-0.1, -0.05) is 56.2 Å². The minimum absolute atomic E-state index is 0. The van der Waals surface area contributed by atoms with E-state index in [1.807, 2.05) is 0 Å². The van der Waals surface area contributed by atoms with Crippen LogP contribution in [0.4, 0.5) is 79.0 Å². The molecule has 0 spiro atoms. The van der Waals surface area contributed by atoms with Crippen LogP contribution in [-0.2, 0) is 37.1 Å². The summed E-state index contributed by atoms with van der Waals surface area (Å²) in [5.74, 6) is 0. The van der Waals surface area contributed by atoms with Crippen molar-refractivity contribution in [2.75, 3.05) is 0 Å². The predicted molar refractivity (Wildman–Crippen MR) is 134 cm³/mol. The molecular formula is C28H18BF18Li. The number of rotatable bonds is 6. The van der Waals surface area contributed by atoms with Crippen LogP contribution < -0.4 is 35.2 Å². The van der Waals surface area contributed by atoms with E-state index < -0.39 is 124 Å². The monoisotopic (exact) mass is 714 g/mol. The SMILES string of the molecule is CCCC[B-](c1cc(C(F)(F)F)cc(C(F)(F)F)c1)(c1cc(C(F)(F)F)cc(C(F)(F)F)c1)c1cc(C(F)(F)F)cc(C(F)(F)F)c1.[Li+]. The van der Waals surface area contributed by atoms with Gasteiger partial charge >= 0.3 is 55.9 Å². The van der Waals surface area contributed by atoms with E-state index in [0.29, 0.717) is 0 Å². The van der Waals surface area contributed by atoms with Crippen molar-refractivity contribution in [2.45, 2.75) is 63.1 Å². The first-order chi connectivity index (χ1) is 21.0. The first-order valence-electron chi connectivity index (χ1n) is 13.1. The molecule has 0 aliphatic rings. The Kier molecular flexibility index (Phi) is 11.5. The van der Waals surface area contributed by atoms with Gasteiger partial charge in [0.25, 0.3) is 0 Å². The molecule has 0 radical (unpaired) electrons. The van der Waals surface area contributed by atoms with E-state index in [-0.39, 0.29) is 61.7 Å². The fourth-order valence-corrected chi connectivity index (χ4v) is 5.38. The fraction of sp³-hybridized carbons (Fsp3) is 0.357. The largest absolute Gasteiger partial charge is 1.00 e. The van der Waals surface area contributed by atoms with Gasteiger partial charge in [0.05, 0.1) is 39.5 Å². The molecule has 0 saturated heterocycles. The Balaban J connectivity index is 0.00000800. The Morgan fingerprint density at radius 1 is 0.375 bits per heavy atom. The zero-order valence-electron chi connectivity index (χ0n) is 24.2. The molecule has 0 bridgehead atoms. The van der Waals surface area contributed by atoms with Crippen molar-refractivity contribution in [1.82, 2.24) is 0 Å². The van der Waals surface area contributed by atoms with E-state index in [9.17, 15) is 79.0 Å². The molecule has 20 heteroatoms. The number of alkyl halides is 18. The van der Waals surface area contributed by atoms with E-state index in [1.165, 1.54) is 6.92 Å². The van der Waals surface area contributed by atoms with Gasteiger partial charge in [-0.15, -0.1) is 0 Å². The summed E-state index contributed by atoms with van der Waals surface area (Å²) in [7, 11) is 0. The molecule has 3 aromatic rings. The fourth-order valence-electron chi connectivity index (χ4n) is 5.38. The summed E-state index contributed by atoms with van der Waals surface area (Å²) in [6.07, 6.45) is -40.2. The van der Waals surface area contributed by atoms with Crippen LogP contribution in [0.15, 0.2) is 54.6 Å². The normalized spacial score (nSPS) is 13.8. The van der Waals surface area contributed by atoms with Gasteiger partial charge < -0.3 is 0 Å². The van der Waals surface area contributed by atoms with Crippen LogP contribution in [0.2, 0.25) is 6.32 Å². The smallest absolute Gasteiger partial charge is 0.199 e. The van der Waals surface area contributed by atoms with Crippen molar-refractivity contribution in [3.05, 3.63) is 88.0 Å². The van der Waals surface area contributed by atoms with Crippen molar-refractivity contribution in [2.24, 2.45) is 0 Å². The van der Waals surface area contributed by atoms with Gasteiger partial charge in [-0.2, -0.15) is 102 Å². The summed E-state index contributed by atoms with van der Waals surface area (Å²) in [6.45, 7) is 1.29. The maximum Gasteiger partial charge on any atom is 1.00 e. The minimum Gasteiger partial charge on any atom is -0.199 e. The Morgan fingerprint density at radius 2 is 0.562 bits per heavy atom. The predicted octanol–water partition coefficient (Wildman–Crippen LogP) is 7.07. The third-order valence-electron chi connectivity index (χ3n) is 7.53. The molecule has 0 nitrogen and oxygen atoms in total. The first kappa shape index (κ1) is 41.2. The molecule has 0 aliphatic carbocycles. The second-order valence-corrected chi connectivity index (χ2v) is 10.7. The van der Waals surface area contributed by atoms with Crippen molar-refractivity contribution in [3.8, 4) is 0 Å². The number of hydrogen-bond acceptors (Lipinski definition) is 0. The average molecular weight is 714 g/mol. The van der Waals surface area contributed by atoms with Crippen molar-refractivity contribution < 1.29 is 97.9 Å². The first-order valence-corrected chi connectivity index (χ1v) is 13.1. The average Bonchev–Trinajstić information content (AvgIpc) is 2.90. The number of hydrogen-bond donors (Lipinski definition) is 0. The van der Waals surface area contributed by atoms with E-state index >= 15 is 0 Å². The third kappa shape index (κ3) is 8.99. The molecule has 0 saturated carbocycles.